The highest BCUT2D eigenvalue weighted by molar-refractivity contribution is 5.63. The lowest BCUT2D eigenvalue weighted by atomic mass is 9.84. The van der Waals surface area contributed by atoms with Gasteiger partial charge in [-0.1, -0.05) is 84.0 Å². The summed E-state index contributed by atoms with van der Waals surface area (Å²) in [5, 5.41) is 0. The van der Waals surface area contributed by atoms with Crippen molar-refractivity contribution in [3.05, 3.63) is 82.9 Å². The molecule has 0 spiro atoms. The molecule has 0 saturated heterocycles. The standard InChI is InChI=1S/C18H16/c1-3-7-15(8-4-1)11-17-13-18(14-17)12-16-9-5-2-6-10-16/h1-12H,13-14H2. The third kappa shape index (κ3) is 2.60. The molecular weight excluding hydrogens is 216 g/mol. The molecule has 0 heterocycles. The van der Waals surface area contributed by atoms with Gasteiger partial charge in [-0.25, -0.2) is 0 Å². The predicted octanol–water partition coefficient (Wildman–Crippen LogP) is 4.95. The molecule has 0 atom stereocenters. The van der Waals surface area contributed by atoms with Crippen molar-refractivity contribution in [2.24, 2.45) is 0 Å². The van der Waals surface area contributed by atoms with Crippen LogP contribution in [-0.2, 0) is 0 Å². The molecular formula is C18H16. The van der Waals surface area contributed by atoms with Gasteiger partial charge >= 0.3 is 0 Å². The van der Waals surface area contributed by atoms with Crippen LogP contribution < -0.4 is 0 Å². The molecule has 0 N–H and O–H groups in total. The second-order valence-electron chi connectivity index (χ2n) is 4.78. The summed E-state index contributed by atoms with van der Waals surface area (Å²) in [7, 11) is 0. The molecule has 1 aliphatic carbocycles. The Labute approximate surface area is 108 Å². The molecule has 0 aliphatic heterocycles. The lowest BCUT2D eigenvalue weighted by molar-refractivity contribution is 0.880. The van der Waals surface area contributed by atoms with Gasteiger partial charge in [0.05, 0.1) is 0 Å². The van der Waals surface area contributed by atoms with Gasteiger partial charge in [0, 0.05) is 0 Å². The van der Waals surface area contributed by atoms with Crippen LogP contribution in [0.4, 0.5) is 0 Å². The summed E-state index contributed by atoms with van der Waals surface area (Å²) in [4.78, 5) is 0. The quantitative estimate of drug-likeness (QED) is 0.687. The van der Waals surface area contributed by atoms with E-state index >= 15 is 0 Å². The lowest BCUT2D eigenvalue weighted by Crippen LogP contribution is -2.02. The van der Waals surface area contributed by atoms with Crippen LogP contribution in [0.1, 0.15) is 24.0 Å². The van der Waals surface area contributed by atoms with Crippen molar-refractivity contribution < 1.29 is 0 Å². The van der Waals surface area contributed by atoms with Crippen molar-refractivity contribution in [3.8, 4) is 0 Å². The van der Waals surface area contributed by atoms with E-state index in [0.29, 0.717) is 0 Å². The topological polar surface area (TPSA) is 0 Å². The molecule has 1 aliphatic rings. The first kappa shape index (κ1) is 11.0. The van der Waals surface area contributed by atoms with E-state index in [1.54, 1.807) is 0 Å². The first-order valence-corrected chi connectivity index (χ1v) is 6.39. The molecule has 0 unspecified atom stereocenters. The largest absolute Gasteiger partial charge is 0.0622 e. The number of rotatable bonds is 2. The Morgan fingerprint density at radius 3 is 1.33 bits per heavy atom. The van der Waals surface area contributed by atoms with Gasteiger partial charge in [0.15, 0.2) is 0 Å². The molecule has 18 heavy (non-hydrogen) atoms. The Bertz CT molecular complexity index is 510. The van der Waals surface area contributed by atoms with Crippen LogP contribution in [0.5, 0.6) is 0 Å². The maximum atomic E-state index is 2.31. The van der Waals surface area contributed by atoms with Crippen molar-refractivity contribution in [3.63, 3.8) is 0 Å². The fraction of sp³-hybridized carbons (Fsp3) is 0.111. The van der Waals surface area contributed by atoms with Gasteiger partial charge in [0.25, 0.3) is 0 Å². The summed E-state index contributed by atoms with van der Waals surface area (Å²) in [6.07, 6.45) is 6.87. The monoisotopic (exact) mass is 232 g/mol. The summed E-state index contributed by atoms with van der Waals surface area (Å²) in [6, 6.07) is 21.1. The van der Waals surface area contributed by atoms with E-state index in [-0.39, 0.29) is 0 Å². The zero-order chi connectivity index (χ0) is 12.2. The summed E-state index contributed by atoms with van der Waals surface area (Å²) in [5.41, 5.74) is 5.68. The van der Waals surface area contributed by atoms with Crippen molar-refractivity contribution in [2.75, 3.05) is 0 Å². The molecule has 3 rings (SSSR count). The van der Waals surface area contributed by atoms with Crippen molar-refractivity contribution in [1.29, 1.82) is 0 Å². The second-order valence-corrected chi connectivity index (χ2v) is 4.78. The first-order valence-electron chi connectivity index (χ1n) is 6.39. The fourth-order valence-electron chi connectivity index (χ4n) is 2.31. The van der Waals surface area contributed by atoms with Gasteiger partial charge in [-0.3, -0.25) is 0 Å². The molecule has 0 nitrogen and oxygen atoms in total. The highest BCUT2D eigenvalue weighted by Gasteiger charge is 2.14. The molecule has 2 aromatic carbocycles. The molecule has 1 saturated carbocycles. The molecule has 0 amide bonds. The van der Waals surface area contributed by atoms with Crippen LogP contribution in [0.25, 0.3) is 12.2 Å². The van der Waals surface area contributed by atoms with Crippen LogP contribution >= 0.6 is 0 Å². The molecule has 0 aromatic heterocycles. The third-order valence-electron chi connectivity index (χ3n) is 3.25. The van der Waals surface area contributed by atoms with Crippen LogP contribution in [0.15, 0.2) is 71.8 Å². The van der Waals surface area contributed by atoms with E-state index in [2.05, 4.69) is 72.8 Å². The molecule has 0 radical (unpaired) electrons. The summed E-state index contributed by atoms with van der Waals surface area (Å²) >= 11 is 0. The number of benzene rings is 2. The average Bonchev–Trinajstić information content (AvgIpc) is 2.39. The van der Waals surface area contributed by atoms with Gasteiger partial charge < -0.3 is 0 Å². The van der Waals surface area contributed by atoms with E-state index in [0.717, 1.165) is 12.8 Å². The van der Waals surface area contributed by atoms with Gasteiger partial charge in [-0.15, -0.1) is 0 Å². The molecule has 1 fully saturated rings. The molecule has 88 valence electrons. The lowest BCUT2D eigenvalue weighted by Gasteiger charge is -2.22. The Balaban J connectivity index is 1.67. The van der Waals surface area contributed by atoms with Gasteiger partial charge in [-0.2, -0.15) is 0 Å². The summed E-state index contributed by atoms with van der Waals surface area (Å²) in [6.45, 7) is 0. The fourth-order valence-corrected chi connectivity index (χ4v) is 2.31. The van der Waals surface area contributed by atoms with E-state index in [9.17, 15) is 0 Å². The first-order chi connectivity index (χ1) is 8.90. The molecule has 0 heteroatoms. The van der Waals surface area contributed by atoms with E-state index in [4.69, 9.17) is 0 Å². The number of hydrogen-bond donors (Lipinski definition) is 0. The van der Waals surface area contributed by atoms with Gasteiger partial charge in [0.2, 0.25) is 0 Å². The van der Waals surface area contributed by atoms with Crippen molar-refractivity contribution in [1.82, 2.24) is 0 Å². The Morgan fingerprint density at radius 2 is 0.944 bits per heavy atom. The van der Waals surface area contributed by atoms with Crippen molar-refractivity contribution >= 4 is 12.2 Å². The van der Waals surface area contributed by atoms with Crippen LogP contribution in [0, 0.1) is 0 Å². The normalized spacial score (nSPS) is 14.0. The zero-order valence-corrected chi connectivity index (χ0v) is 10.3. The third-order valence-corrected chi connectivity index (χ3v) is 3.25. The van der Waals surface area contributed by atoms with Crippen LogP contribution in [0.2, 0.25) is 0 Å². The maximum absolute atomic E-state index is 2.31. The number of hydrogen-bond acceptors (Lipinski definition) is 0. The second kappa shape index (κ2) is 5.05. The summed E-state index contributed by atoms with van der Waals surface area (Å²) in [5.74, 6) is 0. The SMILES string of the molecule is C(=C1CC(=Cc2ccccc2)C1)c1ccccc1. The van der Waals surface area contributed by atoms with E-state index < -0.39 is 0 Å². The van der Waals surface area contributed by atoms with Gasteiger partial charge in [-0.05, 0) is 24.0 Å². The van der Waals surface area contributed by atoms with Gasteiger partial charge in [0.1, 0.15) is 0 Å². The maximum Gasteiger partial charge on any atom is -0.00953 e. The Kier molecular flexibility index (Phi) is 3.10. The minimum Gasteiger partial charge on any atom is -0.0622 e. The Hall–Kier alpha value is -2.08. The smallest absolute Gasteiger partial charge is 0.00953 e. The zero-order valence-electron chi connectivity index (χ0n) is 10.3. The minimum atomic E-state index is 1.13. The average molecular weight is 232 g/mol. The summed E-state index contributed by atoms with van der Waals surface area (Å²) < 4.78 is 0. The van der Waals surface area contributed by atoms with Crippen LogP contribution in [-0.4, -0.2) is 0 Å². The van der Waals surface area contributed by atoms with E-state index in [1.165, 1.54) is 22.3 Å². The highest BCUT2D eigenvalue weighted by Crippen LogP contribution is 2.35. The Morgan fingerprint density at radius 1 is 0.556 bits per heavy atom. The highest BCUT2D eigenvalue weighted by atomic mass is 14.2. The molecule has 2 aromatic rings. The van der Waals surface area contributed by atoms with Crippen LogP contribution in [0.3, 0.4) is 0 Å². The van der Waals surface area contributed by atoms with E-state index in [1.807, 2.05) is 0 Å². The van der Waals surface area contributed by atoms with Crippen molar-refractivity contribution in [2.45, 2.75) is 12.8 Å². The number of allylic oxidation sites excluding steroid dienone is 2. The molecule has 0 bridgehead atoms. The minimum absolute atomic E-state index is 1.13. The predicted molar refractivity (Wildman–Crippen MR) is 78.1 cm³/mol.